The van der Waals surface area contributed by atoms with E-state index < -0.39 is 35.7 Å². The topological polar surface area (TPSA) is 117 Å². The molecule has 27 heavy (non-hydrogen) atoms. The van der Waals surface area contributed by atoms with Crippen molar-refractivity contribution < 1.29 is 18.8 Å². The standard InChI is InChI=1S/C18H18FN5O3/c1-18(13-6-2-3-7-14(13)19)16(26)24(17(27)22-18)12-15(25)23(10-4-8-20)11-5-9-21/h2-3,6-7H,4-5,10-12H2,1H3,(H,22,27). The van der Waals surface area contributed by atoms with Gasteiger partial charge in [-0.05, 0) is 13.0 Å². The van der Waals surface area contributed by atoms with Crippen molar-refractivity contribution in [3.63, 3.8) is 0 Å². The zero-order valence-electron chi connectivity index (χ0n) is 14.7. The molecule has 0 radical (unpaired) electrons. The van der Waals surface area contributed by atoms with Crippen molar-refractivity contribution in [1.29, 1.82) is 10.5 Å². The van der Waals surface area contributed by atoms with Crippen LogP contribution in [0.25, 0.3) is 0 Å². The summed E-state index contributed by atoms with van der Waals surface area (Å²) in [5.74, 6) is -1.96. The summed E-state index contributed by atoms with van der Waals surface area (Å²) in [5, 5.41) is 19.8. The number of hydrogen-bond acceptors (Lipinski definition) is 5. The fourth-order valence-corrected chi connectivity index (χ4v) is 2.86. The molecule has 0 aliphatic carbocycles. The van der Waals surface area contributed by atoms with Crippen LogP contribution < -0.4 is 5.32 Å². The van der Waals surface area contributed by atoms with E-state index in [1.807, 2.05) is 12.1 Å². The molecule has 1 atom stereocenters. The summed E-state index contributed by atoms with van der Waals surface area (Å²) in [5.41, 5.74) is -1.61. The van der Waals surface area contributed by atoms with Crippen molar-refractivity contribution in [2.75, 3.05) is 19.6 Å². The Morgan fingerprint density at radius 1 is 1.22 bits per heavy atom. The van der Waals surface area contributed by atoms with E-state index in [9.17, 15) is 18.8 Å². The summed E-state index contributed by atoms with van der Waals surface area (Å²) in [6.45, 7) is 1.00. The number of carbonyl (C=O) groups excluding carboxylic acids is 3. The fourth-order valence-electron chi connectivity index (χ4n) is 2.86. The quantitative estimate of drug-likeness (QED) is 0.724. The highest BCUT2D eigenvalue weighted by molar-refractivity contribution is 6.09. The summed E-state index contributed by atoms with van der Waals surface area (Å²) in [7, 11) is 0. The second kappa shape index (κ2) is 8.28. The van der Waals surface area contributed by atoms with E-state index in [0.29, 0.717) is 0 Å². The van der Waals surface area contributed by atoms with Gasteiger partial charge in [-0.25, -0.2) is 9.18 Å². The molecule has 1 aromatic carbocycles. The Bertz CT molecular complexity index is 826. The van der Waals surface area contributed by atoms with Crippen molar-refractivity contribution in [3.05, 3.63) is 35.6 Å². The van der Waals surface area contributed by atoms with Gasteiger partial charge in [-0.1, -0.05) is 18.2 Å². The average Bonchev–Trinajstić information content (AvgIpc) is 2.86. The van der Waals surface area contributed by atoms with Gasteiger partial charge >= 0.3 is 6.03 Å². The molecule has 2 rings (SSSR count). The van der Waals surface area contributed by atoms with E-state index in [1.54, 1.807) is 6.07 Å². The van der Waals surface area contributed by atoms with Crippen LogP contribution in [-0.4, -0.2) is 47.3 Å². The maximum atomic E-state index is 14.1. The molecule has 1 aromatic rings. The van der Waals surface area contributed by atoms with Crippen LogP contribution in [-0.2, 0) is 15.1 Å². The van der Waals surface area contributed by atoms with E-state index >= 15 is 0 Å². The first kappa shape index (κ1) is 19.9. The Balaban J connectivity index is 2.19. The van der Waals surface area contributed by atoms with Gasteiger partial charge in [0.2, 0.25) is 5.91 Å². The van der Waals surface area contributed by atoms with Gasteiger partial charge in [-0.2, -0.15) is 10.5 Å². The first-order valence-electron chi connectivity index (χ1n) is 8.26. The Labute approximate surface area is 155 Å². The summed E-state index contributed by atoms with van der Waals surface area (Å²) >= 11 is 0. The lowest BCUT2D eigenvalue weighted by Crippen LogP contribution is -2.45. The highest BCUT2D eigenvalue weighted by atomic mass is 19.1. The Morgan fingerprint density at radius 2 is 1.81 bits per heavy atom. The number of benzene rings is 1. The van der Waals surface area contributed by atoms with Crippen LogP contribution in [0.3, 0.4) is 0 Å². The maximum Gasteiger partial charge on any atom is 0.325 e. The van der Waals surface area contributed by atoms with E-state index in [4.69, 9.17) is 10.5 Å². The molecule has 4 amide bonds. The molecule has 1 heterocycles. The van der Waals surface area contributed by atoms with Crippen LogP contribution >= 0.6 is 0 Å². The van der Waals surface area contributed by atoms with Crippen molar-refractivity contribution in [1.82, 2.24) is 15.1 Å². The monoisotopic (exact) mass is 371 g/mol. The van der Waals surface area contributed by atoms with Crippen LogP contribution in [0.1, 0.15) is 25.3 Å². The highest BCUT2D eigenvalue weighted by Crippen LogP contribution is 2.30. The van der Waals surface area contributed by atoms with Gasteiger partial charge in [0.15, 0.2) is 0 Å². The molecule has 0 saturated carbocycles. The van der Waals surface area contributed by atoms with Gasteiger partial charge in [0.25, 0.3) is 5.91 Å². The predicted molar refractivity (Wildman–Crippen MR) is 91.0 cm³/mol. The van der Waals surface area contributed by atoms with Gasteiger partial charge in [-0.15, -0.1) is 0 Å². The molecule has 1 unspecified atom stereocenters. The largest absolute Gasteiger partial charge is 0.339 e. The van der Waals surface area contributed by atoms with Gasteiger partial charge in [0.1, 0.15) is 17.9 Å². The lowest BCUT2D eigenvalue weighted by Gasteiger charge is -2.24. The smallest absolute Gasteiger partial charge is 0.325 e. The van der Waals surface area contributed by atoms with Gasteiger partial charge < -0.3 is 10.2 Å². The molecule has 0 bridgehead atoms. The Hall–Kier alpha value is -3.46. The molecule has 1 saturated heterocycles. The maximum absolute atomic E-state index is 14.1. The summed E-state index contributed by atoms with van der Waals surface area (Å²) in [6.07, 6.45) is 0.120. The number of nitrogens with zero attached hydrogens (tertiary/aromatic N) is 4. The molecule has 8 nitrogen and oxygen atoms in total. The summed E-state index contributed by atoms with van der Waals surface area (Å²) in [6, 6.07) is 8.58. The normalized spacial score (nSPS) is 18.6. The SMILES string of the molecule is CC1(c2ccccc2F)NC(=O)N(CC(=O)N(CCC#N)CCC#N)C1=O. The van der Waals surface area contributed by atoms with Crippen LogP contribution in [0, 0.1) is 28.5 Å². The lowest BCUT2D eigenvalue weighted by molar-refractivity contribution is -0.138. The molecule has 1 aliphatic rings. The van der Waals surface area contributed by atoms with E-state index in [0.717, 1.165) is 4.90 Å². The minimum atomic E-state index is -1.62. The number of urea groups is 1. The number of rotatable bonds is 7. The van der Waals surface area contributed by atoms with Gasteiger partial charge in [0, 0.05) is 18.7 Å². The van der Waals surface area contributed by atoms with Crippen LogP contribution in [0.15, 0.2) is 24.3 Å². The third kappa shape index (κ3) is 4.04. The molecule has 1 aliphatic heterocycles. The van der Waals surface area contributed by atoms with Gasteiger partial charge in [0.05, 0.1) is 25.0 Å². The zero-order valence-corrected chi connectivity index (χ0v) is 14.7. The second-order valence-electron chi connectivity index (χ2n) is 6.12. The third-order valence-corrected chi connectivity index (χ3v) is 4.32. The van der Waals surface area contributed by atoms with Crippen LogP contribution in [0.2, 0.25) is 0 Å². The fraction of sp³-hybridized carbons (Fsp3) is 0.389. The second-order valence-corrected chi connectivity index (χ2v) is 6.12. The average molecular weight is 371 g/mol. The number of nitrogens with one attached hydrogen (secondary N) is 1. The van der Waals surface area contributed by atoms with Crippen LogP contribution in [0.5, 0.6) is 0 Å². The zero-order chi connectivity index (χ0) is 20.0. The van der Waals surface area contributed by atoms with Crippen LogP contribution in [0.4, 0.5) is 9.18 Å². The number of nitriles is 2. The first-order chi connectivity index (χ1) is 12.8. The Kier molecular flexibility index (Phi) is 6.09. The van der Waals surface area contributed by atoms with Crippen molar-refractivity contribution in [2.24, 2.45) is 0 Å². The van der Waals surface area contributed by atoms with E-state index in [1.165, 1.54) is 30.0 Å². The molecule has 140 valence electrons. The van der Waals surface area contributed by atoms with Crippen molar-refractivity contribution in [2.45, 2.75) is 25.3 Å². The van der Waals surface area contributed by atoms with E-state index in [2.05, 4.69) is 5.32 Å². The minimum Gasteiger partial charge on any atom is -0.339 e. The number of carbonyl (C=O) groups is 3. The molecular formula is C18H18FN5O3. The van der Waals surface area contributed by atoms with Gasteiger partial charge in [-0.3, -0.25) is 14.5 Å². The summed E-state index contributed by atoms with van der Waals surface area (Å²) < 4.78 is 14.1. The molecule has 9 heteroatoms. The predicted octanol–water partition coefficient (Wildman–Crippen LogP) is 1.25. The molecule has 0 aromatic heterocycles. The number of amides is 4. The van der Waals surface area contributed by atoms with Crippen molar-refractivity contribution in [3.8, 4) is 12.1 Å². The molecular weight excluding hydrogens is 353 g/mol. The molecule has 1 N–H and O–H groups in total. The summed E-state index contributed by atoms with van der Waals surface area (Å²) in [4.78, 5) is 39.5. The minimum absolute atomic E-state index is 0.00381. The molecule has 1 fully saturated rings. The number of imide groups is 1. The first-order valence-corrected chi connectivity index (χ1v) is 8.26. The third-order valence-electron chi connectivity index (χ3n) is 4.32. The molecule has 0 spiro atoms. The van der Waals surface area contributed by atoms with Crippen molar-refractivity contribution >= 4 is 17.8 Å². The number of hydrogen-bond donors (Lipinski definition) is 1. The lowest BCUT2D eigenvalue weighted by atomic mass is 9.91. The Morgan fingerprint density at radius 3 is 2.37 bits per heavy atom. The highest BCUT2D eigenvalue weighted by Gasteiger charge is 2.50. The van der Waals surface area contributed by atoms with E-state index in [-0.39, 0.29) is 31.5 Å². The number of halogens is 1.